The molecule has 104 valence electrons. The molecule has 1 aliphatic rings. The number of esters is 1. The summed E-state index contributed by atoms with van der Waals surface area (Å²) in [5, 5.41) is 2.48. The Balaban J connectivity index is 2.60. The Morgan fingerprint density at radius 2 is 2.00 bits per heavy atom. The van der Waals surface area contributed by atoms with E-state index in [1.807, 2.05) is 6.07 Å². The second-order valence-electron chi connectivity index (χ2n) is 4.29. The molecule has 1 atom stereocenters. The highest BCUT2D eigenvalue weighted by Gasteiger charge is 2.38. The molecule has 0 aliphatic carbocycles. The van der Waals surface area contributed by atoms with Gasteiger partial charge >= 0.3 is 12.0 Å². The highest BCUT2D eigenvalue weighted by molar-refractivity contribution is 5.98. The summed E-state index contributed by atoms with van der Waals surface area (Å²) in [5.74, 6) is -0.580. The zero-order chi connectivity index (χ0) is 14.7. The van der Waals surface area contributed by atoms with Gasteiger partial charge in [-0.3, -0.25) is 9.69 Å². The number of imide groups is 1. The van der Waals surface area contributed by atoms with Gasteiger partial charge in [0.2, 0.25) is 6.41 Å². The van der Waals surface area contributed by atoms with Crippen LogP contribution in [-0.2, 0) is 14.3 Å². The van der Waals surface area contributed by atoms with Gasteiger partial charge in [-0.2, -0.15) is 0 Å². The summed E-state index contributed by atoms with van der Waals surface area (Å²) in [4.78, 5) is 36.0. The van der Waals surface area contributed by atoms with Crippen LogP contribution in [0.15, 0.2) is 41.6 Å². The molecule has 6 heteroatoms. The fraction of sp³-hybridized carbons (Fsp3) is 0.214. The van der Waals surface area contributed by atoms with E-state index in [1.54, 1.807) is 31.2 Å². The number of ether oxygens (including phenoxy) is 1. The number of urea groups is 1. The maximum Gasteiger partial charge on any atom is 0.337 e. The Hall–Kier alpha value is -2.63. The minimum absolute atomic E-state index is 0.241. The predicted molar refractivity (Wildman–Crippen MR) is 70.3 cm³/mol. The largest absolute Gasteiger partial charge is 0.466 e. The van der Waals surface area contributed by atoms with E-state index in [0.717, 1.165) is 4.90 Å². The molecule has 0 saturated heterocycles. The molecule has 1 heterocycles. The monoisotopic (exact) mass is 274 g/mol. The standard InChI is InChI=1S/C14H14N2O4/c1-9-11(13(18)20-2)12(10-6-4-3-5-7-10)16(8-17)14(19)15-9/h3-8,12H,1-2H3,(H,15,19)/t12-/m1/s1. The Morgan fingerprint density at radius 3 is 2.55 bits per heavy atom. The van der Waals surface area contributed by atoms with Crippen molar-refractivity contribution in [1.82, 2.24) is 10.2 Å². The molecule has 3 amide bonds. The van der Waals surface area contributed by atoms with Crippen molar-refractivity contribution in [2.24, 2.45) is 0 Å². The quantitative estimate of drug-likeness (QED) is 0.667. The smallest absolute Gasteiger partial charge is 0.337 e. The van der Waals surface area contributed by atoms with Crippen LogP contribution in [0.2, 0.25) is 0 Å². The van der Waals surface area contributed by atoms with Crippen LogP contribution in [0.3, 0.4) is 0 Å². The van der Waals surface area contributed by atoms with E-state index in [9.17, 15) is 14.4 Å². The molecule has 20 heavy (non-hydrogen) atoms. The van der Waals surface area contributed by atoms with Crippen molar-refractivity contribution in [1.29, 1.82) is 0 Å². The number of carbonyl (C=O) groups is 3. The second-order valence-corrected chi connectivity index (χ2v) is 4.29. The number of nitrogens with zero attached hydrogens (tertiary/aromatic N) is 1. The molecule has 0 radical (unpaired) electrons. The summed E-state index contributed by atoms with van der Waals surface area (Å²) in [6, 6.07) is 7.50. The normalized spacial score (nSPS) is 18.6. The Morgan fingerprint density at radius 1 is 1.35 bits per heavy atom. The third kappa shape index (κ3) is 2.27. The zero-order valence-electron chi connectivity index (χ0n) is 11.1. The van der Waals surface area contributed by atoms with E-state index < -0.39 is 18.0 Å². The third-order valence-electron chi connectivity index (χ3n) is 3.12. The number of rotatable bonds is 3. The van der Waals surface area contributed by atoms with Crippen molar-refractivity contribution in [3.8, 4) is 0 Å². The topological polar surface area (TPSA) is 75.7 Å². The van der Waals surface area contributed by atoms with Crippen LogP contribution < -0.4 is 5.32 Å². The van der Waals surface area contributed by atoms with Crippen LogP contribution in [0.1, 0.15) is 18.5 Å². The molecule has 1 N–H and O–H groups in total. The Labute approximate surface area is 116 Å². The van der Waals surface area contributed by atoms with E-state index in [-0.39, 0.29) is 5.57 Å². The van der Waals surface area contributed by atoms with Gasteiger partial charge in [-0.05, 0) is 12.5 Å². The van der Waals surface area contributed by atoms with Gasteiger partial charge in [0.1, 0.15) is 6.04 Å². The van der Waals surface area contributed by atoms with E-state index >= 15 is 0 Å². The SMILES string of the molecule is COC(=O)C1=C(C)NC(=O)N(C=O)[C@@H]1c1ccccc1. The van der Waals surface area contributed by atoms with Crippen molar-refractivity contribution in [2.45, 2.75) is 13.0 Å². The molecule has 0 spiro atoms. The third-order valence-corrected chi connectivity index (χ3v) is 3.12. The van der Waals surface area contributed by atoms with E-state index in [1.165, 1.54) is 7.11 Å². The van der Waals surface area contributed by atoms with Crippen molar-refractivity contribution >= 4 is 18.4 Å². The van der Waals surface area contributed by atoms with E-state index in [4.69, 9.17) is 4.74 Å². The first-order valence-electron chi connectivity index (χ1n) is 5.98. The summed E-state index contributed by atoms with van der Waals surface area (Å²) in [5.41, 5.74) is 1.29. The minimum Gasteiger partial charge on any atom is -0.466 e. The number of benzene rings is 1. The van der Waals surface area contributed by atoms with Gasteiger partial charge in [0, 0.05) is 5.70 Å². The molecule has 1 aromatic rings. The van der Waals surface area contributed by atoms with Gasteiger partial charge in [-0.1, -0.05) is 30.3 Å². The summed E-state index contributed by atoms with van der Waals surface area (Å²) in [7, 11) is 1.26. The first-order valence-corrected chi connectivity index (χ1v) is 5.98. The molecule has 0 bridgehead atoms. The number of hydrogen-bond donors (Lipinski definition) is 1. The Bertz CT molecular complexity index is 580. The molecule has 0 fully saturated rings. The lowest BCUT2D eigenvalue weighted by Gasteiger charge is -2.33. The minimum atomic E-state index is -0.783. The number of carbonyl (C=O) groups excluding carboxylic acids is 3. The summed E-state index contributed by atoms with van der Waals surface area (Å²) in [6.45, 7) is 1.60. The number of nitrogens with one attached hydrogen (secondary N) is 1. The van der Waals surface area contributed by atoms with Gasteiger partial charge in [0.05, 0.1) is 12.7 Å². The first-order chi connectivity index (χ1) is 9.60. The number of methoxy groups -OCH3 is 1. The average Bonchev–Trinajstić information content (AvgIpc) is 2.46. The van der Waals surface area contributed by atoms with Crippen molar-refractivity contribution in [3.05, 3.63) is 47.2 Å². The van der Waals surface area contributed by atoms with Crippen LogP contribution in [-0.4, -0.2) is 30.4 Å². The predicted octanol–water partition coefficient (Wildman–Crippen LogP) is 1.36. The molecule has 1 aromatic carbocycles. The van der Waals surface area contributed by atoms with Crippen molar-refractivity contribution in [3.63, 3.8) is 0 Å². The molecule has 0 unspecified atom stereocenters. The lowest BCUT2D eigenvalue weighted by atomic mass is 9.94. The Kier molecular flexibility index (Phi) is 3.84. The van der Waals surface area contributed by atoms with Crippen molar-refractivity contribution < 1.29 is 19.1 Å². The van der Waals surface area contributed by atoms with E-state index in [2.05, 4.69) is 5.32 Å². The number of amides is 3. The summed E-state index contributed by atoms with van der Waals surface area (Å²) >= 11 is 0. The van der Waals surface area contributed by atoms with Gasteiger partial charge < -0.3 is 10.1 Å². The number of allylic oxidation sites excluding steroid dienone is 1. The fourth-order valence-electron chi connectivity index (χ4n) is 2.20. The highest BCUT2D eigenvalue weighted by Crippen LogP contribution is 2.32. The summed E-state index contributed by atoms with van der Waals surface area (Å²) < 4.78 is 4.75. The molecular formula is C14H14N2O4. The molecule has 2 rings (SSSR count). The molecule has 1 aliphatic heterocycles. The average molecular weight is 274 g/mol. The molecular weight excluding hydrogens is 260 g/mol. The van der Waals surface area contributed by atoms with E-state index in [0.29, 0.717) is 17.7 Å². The van der Waals surface area contributed by atoms with Crippen LogP contribution >= 0.6 is 0 Å². The fourth-order valence-corrected chi connectivity index (χ4v) is 2.20. The van der Waals surface area contributed by atoms with Gasteiger partial charge in [0.25, 0.3) is 0 Å². The van der Waals surface area contributed by atoms with Gasteiger partial charge in [-0.25, -0.2) is 9.59 Å². The zero-order valence-corrected chi connectivity index (χ0v) is 11.1. The lowest BCUT2D eigenvalue weighted by molar-refractivity contribution is -0.137. The van der Waals surface area contributed by atoms with Crippen molar-refractivity contribution in [2.75, 3.05) is 7.11 Å². The van der Waals surface area contributed by atoms with Crippen LogP contribution in [0.25, 0.3) is 0 Å². The van der Waals surface area contributed by atoms with Gasteiger partial charge in [0.15, 0.2) is 0 Å². The van der Waals surface area contributed by atoms with Crippen LogP contribution in [0, 0.1) is 0 Å². The van der Waals surface area contributed by atoms with Gasteiger partial charge in [-0.15, -0.1) is 0 Å². The molecule has 0 saturated carbocycles. The first kappa shape index (κ1) is 13.8. The maximum absolute atomic E-state index is 12.0. The molecule has 6 nitrogen and oxygen atoms in total. The molecule has 0 aromatic heterocycles. The summed E-state index contributed by atoms with van der Waals surface area (Å²) in [6.07, 6.45) is 0.405. The van der Waals surface area contributed by atoms with Crippen LogP contribution in [0.5, 0.6) is 0 Å². The second kappa shape index (κ2) is 5.56. The van der Waals surface area contributed by atoms with Crippen LogP contribution in [0.4, 0.5) is 4.79 Å². The maximum atomic E-state index is 12.0. The lowest BCUT2D eigenvalue weighted by Crippen LogP contribution is -2.47. The highest BCUT2D eigenvalue weighted by atomic mass is 16.5. The number of hydrogen-bond acceptors (Lipinski definition) is 4.